The van der Waals surface area contributed by atoms with Crippen molar-refractivity contribution in [3.05, 3.63) is 18.2 Å². The molecule has 1 unspecified atom stereocenters. The summed E-state index contributed by atoms with van der Waals surface area (Å²) in [6.07, 6.45) is 0. The fourth-order valence-electron chi connectivity index (χ4n) is 1.25. The van der Waals surface area contributed by atoms with Crippen LogP contribution in [0.3, 0.4) is 0 Å². The number of aliphatic hydroxyl groups excluding tert-OH is 1. The van der Waals surface area contributed by atoms with Gasteiger partial charge in [0.25, 0.3) is 0 Å². The highest BCUT2D eigenvalue weighted by Crippen LogP contribution is 2.41. The fourth-order valence-corrected chi connectivity index (χ4v) is 3.57. The van der Waals surface area contributed by atoms with Crippen LogP contribution in [0.2, 0.25) is 0 Å². The average molecular weight is 248 g/mol. The molecule has 1 heterocycles. The second-order valence-corrected chi connectivity index (χ2v) is 7.39. The smallest absolute Gasteiger partial charge is 0.209 e. The summed E-state index contributed by atoms with van der Waals surface area (Å²) in [7, 11) is -7.16. The molecule has 1 N–H and O–H groups in total. The summed E-state index contributed by atoms with van der Waals surface area (Å²) in [4.78, 5) is 0.0218. The van der Waals surface area contributed by atoms with Gasteiger partial charge in [-0.3, -0.25) is 0 Å². The molecule has 1 atom stereocenters. The van der Waals surface area contributed by atoms with E-state index < -0.39 is 25.1 Å². The standard InChI is InChI=1S/C8H8O5S2/c1-5(9)14(10,11)6-2-3-7-8(4-6)15(7,12)13/h2-5,9H,1H3. The summed E-state index contributed by atoms with van der Waals surface area (Å²) in [6.45, 7) is 1.12. The highest BCUT2D eigenvalue weighted by atomic mass is 32.2. The van der Waals surface area contributed by atoms with E-state index in [9.17, 15) is 16.8 Å². The molecule has 0 saturated carbocycles. The quantitative estimate of drug-likeness (QED) is 0.752. The zero-order chi connectivity index (χ0) is 11.4. The first-order valence-electron chi connectivity index (χ1n) is 4.09. The van der Waals surface area contributed by atoms with Gasteiger partial charge in [0.05, 0.1) is 14.7 Å². The van der Waals surface area contributed by atoms with E-state index in [2.05, 4.69) is 0 Å². The SMILES string of the molecule is CC(O)S(=O)(=O)c1ccc2c(c1)S2(=O)=O. The molecule has 1 aromatic carbocycles. The zero-order valence-electron chi connectivity index (χ0n) is 7.71. The average Bonchev–Trinajstić information content (AvgIpc) is 2.69. The van der Waals surface area contributed by atoms with Crippen molar-refractivity contribution >= 4 is 19.7 Å². The van der Waals surface area contributed by atoms with Crippen molar-refractivity contribution < 1.29 is 21.9 Å². The third-order valence-corrected chi connectivity index (χ3v) is 5.69. The van der Waals surface area contributed by atoms with Gasteiger partial charge in [-0.25, -0.2) is 16.8 Å². The molecule has 0 fully saturated rings. The van der Waals surface area contributed by atoms with E-state index in [4.69, 9.17) is 5.11 Å². The summed E-state index contributed by atoms with van der Waals surface area (Å²) in [5, 5.41) is 9.03. The molecular formula is C8H8O5S2. The summed E-state index contributed by atoms with van der Waals surface area (Å²) < 4.78 is 45.2. The predicted octanol–water partition coefficient (Wildman–Crippen LogP) is -0.0552. The van der Waals surface area contributed by atoms with E-state index in [-0.39, 0.29) is 14.7 Å². The molecule has 15 heavy (non-hydrogen) atoms. The number of aliphatic hydroxyl groups is 1. The van der Waals surface area contributed by atoms with E-state index in [1.807, 2.05) is 0 Å². The maximum atomic E-state index is 11.5. The van der Waals surface area contributed by atoms with Gasteiger partial charge in [0.15, 0.2) is 5.44 Å². The normalized spacial score (nSPS) is 19.3. The summed E-state index contributed by atoms with van der Waals surface area (Å²) in [5.74, 6) is 0. The number of fused-ring (bicyclic) bond motifs is 1. The molecule has 7 heteroatoms. The van der Waals surface area contributed by atoms with Crippen LogP contribution < -0.4 is 0 Å². The van der Waals surface area contributed by atoms with Gasteiger partial charge in [0.2, 0.25) is 19.7 Å². The first-order valence-corrected chi connectivity index (χ1v) is 7.12. The zero-order valence-corrected chi connectivity index (χ0v) is 9.34. The van der Waals surface area contributed by atoms with Crippen LogP contribution >= 0.6 is 0 Å². The van der Waals surface area contributed by atoms with Crippen molar-refractivity contribution in [2.24, 2.45) is 0 Å². The Morgan fingerprint density at radius 1 is 1.27 bits per heavy atom. The van der Waals surface area contributed by atoms with Crippen LogP contribution in [0, 0.1) is 0 Å². The monoisotopic (exact) mass is 248 g/mol. The van der Waals surface area contributed by atoms with Gasteiger partial charge < -0.3 is 5.11 Å². The lowest BCUT2D eigenvalue weighted by atomic mass is 10.4. The number of hydrogen-bond donors (Lipinski definition) is 1. The number of sulfone groups is 2. The minimum Gasteiger partial charge on any atom is -0.377 e. The third-order valence-electron chi connectivity index (χ3n) is 2.23. The Bertz CT molecular complexity index is 625. The predicted molar refractivity (Wildman–Crippen MR) is 50.8 cm³/mol. The molecule has 0 aromatic heterocycles. The Balaban J connectivity index is 2.58. The van der Waals surface area contributed by atoms with Gasteiger partial charge in [-0.15, -0.1) is 0 Å². The number of rotatable bonds is 2. The van der Waals surface area contributed by atoms with Crippen molar-refractivity contribution in [1.29, 1.82) is 0 Å². The van der Waals surface area contributed by atoms with E-state index >= 15 is 0 Å². The van der Waals surface area contributed by atoms with Crippen LogP contribution in [0.4, 0.5) is 0 Å². The van der Waals surface area contributed by atoms with Gasteiger partial charge in [0, 0.05) is 0 Å². The molecule has 5 nitrogen and oxygen atoms in total. The highest BCUT2D eigenvalue weighted by molar-refractivity contribution is 7.97. The Morgan fingerprint density at radius 3 is 2.33 bits per heavy atom. The van der Waals surface area contributed by atoms with Crippen molar-refractivity contribution in [2.75, 3.05) is 0 Å². The maximum absolute atomic E-state index is 11.5. The molecule has 0 radical (unpaired) electrons. The van der Waals surface area contributed by atoms with Gasteiger partial charge in [-0.2, -0.15) is 0 Å². The summed E-state index contributed by atoms with van der Waals surface area (Å²) in [6, 6.07) is 3.50. The van der Waals surface area contributed by atoms with Gasteiger partial charge in [-0.1, -0.05) is 0 Å². The van der Waals surface area contributed by atoms with Crippen LogP contribution in [0.15, 0.2) is 32.9 Å². The molecule has 1 aromatic rings. The number of benzene rings is 1. The Labute approximate surface area is 87.2 Å². The Hall–Kier alpha value is -0.920. The molecule has 2 rings (SSSR count). The maximum Gasteiger partial charge on any atom is 0.209 e. The Morgan fingerprint density at radius 2 is 1.87 bits per heavy atom. The molecule has 0 bridgehead atoms. The number of hydrogen-bond acceptors (Lipinski definition) is 5. The van der Waals surface area contributed by atoms with Crippen LogP contribution in [0.5, 0.6) is 0 Å². The largest absolute Gasteiger partial charge is 0.377 e. The summed E-state index contributed by atoms with van der Waals surface area (Å²) in [5.41, 5.74) is -1.54. The lowest BCUT2D eigenvalue weighted by Crippen LogP contribution is -2.16. The molecule has 0 aliphatic carbocycles. The van der Waals surface area contributed by atoms with Crippen molar-refractivity contribution in [1.82, 2.24) is 0 Å². The molecule has 1 aliphatic rings. The van der Waals surface area contributed by atoms with Gasteiger partial charge in [0.1, 0.15) is 0 Å². The van der Waals surface area contributed by atoms with Crippen molar-refractivity contribution in [3.8, 4) is 0 Å². The fraction of sp³-hybridized carbons (Fsp3) is 0.250. The second-order valence-electron chi connectivity index (χ2n) is 3.26. The lowest BCUT2D eigenvalue weighted by molar-refractivity contribution is 0.268. The van der Waals surface area contributed by atoms with E-state index in [1.54, 1.807) is 0 Å². The molecular weight excluding hydrogens is 240 g/mol. The van der Waals surface area contributed by atoms with Gasteiger partial charge >= 0.3 is 0 Å². The summed E-state index contributed by atoms with van der Waals surface area (Å²) >= 11 is 0. The highest BCUT2D eigenvalue weighted by Gasteiger charge is 2.40. The molecule has 1 aliphatic heterocycles. The van der Waals surface area contributed by atoms with Crippen LogP contribution in [0.1, 0.15) is 6.92 Å². The topological polar surface area (TPSA) is 88.5 Å². The lowest BCUT2D eigenvalue weighted by Gasteiger charge is -2.04. The van der Waals surface area contributed by atoms with Crippen molar-refractivity contribution in [2.45, 2.75) is 27.0 Å². The first-order chi connectivity index (χ1) is 6.78. The van der Waals surface area contributed by atoms with E-state index in [0.29, 0.717) is 0 Å². The van der Waals surface area contributed by atoms with E-state index in [0.717, 1.165) is 13.0 Å². The van der Waals surface area contributed by atoms with Crippen LogP contribution in [0.25, 0.3) is 0 Å². The van der Waals surface area contributed by atoms with Crippen LogP contribution in [-0.2, 0) is 19.7 Å². The molecule has 82 valence electrons. The second kappa shape index (κ2) is 2.81. The Kier molecular flexibility index (Phi) is 1.98. The minimum atomic E-state index is -3.83. The van der Waals surface area contributed by atoms with Crippen molar-refractivity contribution in [3.63, 3.8) is 0 Å². The van der Waals surface area contributed by atoms with Crippen LogP contribution in [-0.4, -0.2) is 27.4 Å². The first kappa shape index (κ1) is 10.6. The van der Waals surface area contributed by atoms with Gasteiger partial charge in [-0.05, 0) is 25.1 Å². The minimum absolute atomic E-state index is 0.0317. The molecule has 0 spiro atoms. The van der Waals surface area contributed by atoms with E-state index in [1.165, 1.54) is 12.1 Å². The third kappa shape index (κ3) is 1.38. The molecule has 0 saturated heterocycles. The molecule has 0 amide bonds.